The maximum absolute atomic E-state index is 9.80. The van der Waals surface area contributed by atoms with Crippen LogP contribution in [0.3, 0.4) is 0 Å². The lowest BCUT2D eigenvalue weighted by Crippen LogP contribution is -2.18. The Morgan fingerprint density at radius 3 is 3.05 bits per heavy atom. The first-order valence-electron chi connectivity index (χ1n) is 6.63. The van der Waals surface area contributed by atoms with Crippen molar-refractivity contribution in [3.63, 3.8) is 0 Å². The predicted molar refractivity (Wildman–Crippen MR) is 78.6 cm³/mol. The number of benzene rings is 1. The Bertz CT molecular complexity index is 468. The third kappa shape index (κ3) is 4.53. The fourth-order valence-electron chi connectivity index (χ4n) is 1.69. The topological polar surface area (TPSA) is 58.1 Å². The standard InChI is InChI=1S/C14H20N2O2S/c1-2-3-8-18-9-11(17)10-19-14-15-12-6-4-5-7-13(12)16-14/h4-7,11,17H,2-3,8-10H2,1H3,(H,15,16). The van der Waals surface area contributed by atoms with Gasteiger partial charge in [-0.25, -0.2) is 4.98 Å². The summed E-state index contributed by atoms with van der Waals surface area (Å²) in [5.74, 6) is 0.589. The molecule has 0 bridgehead atoms. The highest BCUT2D eigenvalue weighted by atomic mass is 32.2. The quantitative estimate of drug-likeness (QED) is 0.576. The number of aliphatic hydroxyl groups excluding tert-OH is 1. The number of hydrogen-bond acceptors (Lipinski definition) is 4. The lowest BCUT2D eigenvalue weighted by molar-refractivity contribution is 0.0473. The van der Waals surface area contributed by atoms with Gasteiger partial charge in [-0.1, -0.05) is 37.2 Å². The van der Waals surface area contributed by atoms with Crippen molar-refractivity contribution in [3.8, 4) is 0 Å². The van der Waals surface area contributed by atoms with Crippen molar-refractivity contribution in [2.75, 3.05) is 19.0 Å². The van der Waals surface area contributed by atoms with Crippen LogP contribution in [0.25, 0.3) is 11.0 Å². The molecule has 0 saturated heterocycles. The fraction of sp³-hybridized carbons (Fsp3) is 0.500. The molecule has 104 valence electrons. The van der Waals surface area contributed by atoms with Gasteiger partial charge in [0.2, 0.25) is 0 Å². The highest BCUT2D eigenvalue weighted by molar-refractivity contribution is 7.99. The molecule has 1 aromatic heterocycles. The third-order valence-corrected chi connectivity index (χ3v) is 3.75. The minimum atomic E-state index is -0.449. The van der Waals surface area contributed by atoms with Gasteiger partial charge in [-0.3, -0.25) is 0 Å². The lowest BCUT2D eigenvalue weighted by Gasteiger charge is -2.09. The summed E-state index contributed by atoms with van der Waals surface area (Å²) in [6, 6.07) is 7.91. The van der Waals surface area contributed by atoms with Gasteiger partial charge in [0.1, 0.15) is 0 Å². The second-order valence-corrected chi connectivity index (χ2v) is 5.46. The van der Waals surface area contributed by atoms with Crippen LogP contribution in [0.15, 0.2) is 29.4 Å². The molecule has 1 atom stereocenters. The monoisotopic (exact) mass is 280 g/mol. The van der Waals surface area contributed by atoms with Crippen molar-refractivity contribution in [3.05, 3.63) is 24.3 Å². The fourth-order valence-corrected chi connectivity index (χ4v) is 2.48. The van der Waals surface area contributed by atoms with E-state index >= 15 is 0 Å². The molecule has 4 nitrogen and oxygen atoms in total. The van der Waals surface area contributed by atoms with Gasteiger partial charge in [-0.2, -0.15) is 0 Å². The van der Waals surface area contributed by atoms with Crippen LogP contribution in [0, 0.1) is 0 Å². The molecule has 0 spiro atoms. The number of thioether (sulfide) groups is 1. The normalized spacial score (nSPS) is 12.9. The third-order valence-electron chi connectivity index (χ3n) is 2.73. The Balaban J connectivity index is 1.75. The maximum atomic E-state index is 9.80. The van der Waals surface area contributed by atoms with E-state index in [-0.39, 0.29) is 0 Å². The SMILES string of the molecule is CCCCOCC(O)CSc1nc2ccccc2[nH]1. The summed E-state index contributed by atoms with van der Waals surface area (Å²) in [6.45, 7) is 3.24. The number of fused-ring (bicyclic) bond motifs is 1. The van der Waals surface area contributed by atoms with Gasteiger partial charge in [-0.05, 0) is 18.6 Å². The molecule has 1 unspecified atom stereocenters. The van der Waals surface area contributed by atoms with Crippen LogP contribution in [-0.2, 0) is 4.74 Å². The second-order valence-electron chi connectivity index (χ2n) is 4.45. The molecule has 19 heavy (non-hydrogen) atoms. The Morgan fingerprint density at radius 2 is 2.26 bits per heavy atom. The number of hydrogen-bond donors (Lipinski definition) is 2. The van der Waals surface area contributed by atoms with E-state index < -0.39 is 6.10 Å². The molecule has 0 saturated carbocycles. The van der Waals surface area contributed by atoms with E-state index in [0.29, 0.717) is 12.4 Å². The van der Waals surface area contributed by atoms with Gasteiger partial charge in [0.25, 0.3) is 0 Å². The molecular weight excluding hydrogens is 260 g/mol. The number of nitrogens with one attached hydrogen (secondary N) is 1. The average molecular weight is 280 g/mol. The number of aromatic amines is 1. The Hall–Kier alpha value is -1.04. The summed E-state index contributed by atoms with van der Waals surface area (Å²) >= 11 is 1.52. The van der Waals surface area contributed by atoms with E-state index in [1.165, 1.54) is 11.8 Å². The molecule has 0 fully saturated rings. The first kappa shape index (κ1) is 14.4. The van der Waals surface area contributed by atoms with Crippen molar-refractivity contribution < 1.29 is 9.84 Å². The largest absolute Gasteiger partial charge is 0.390 e. The minimum Gasteiger partial charge on any atom is -0.390 e. The van der Waals surface area contributed by atoms with Gasteiger partial charge >= 0.3 is 0 Å². The molecule has 2 rings (SSSR count). The number of ether oxygens (including phenoxy) is 1. The molecule has 0 amide bonds. The van der Waals surface area contributed by atoms with Crippen molar-refractivity contribution >= 4 is 22.8 Å². The lowest BCUT2D eigenvalue weighted by atomic mass is 10.3. The molecule has 2 aromatic rings. The van der Waals surface area contributed by atoms with E-state index in [4.69, 9.17) is 4.74 Å². The molecule has 5 heteroatoms. The summed E-state index contributed by atoms with van der Waals surface area (Å²) in [6.07, 6.45) is 1.71. The van der Waals surface area contributed by atoms with E-state index in [1.54, 1.807) is 0 Å². The highest BCUT2D eigenvalue weighted by Gasteiger charge is 2.08. The van der Waals surface area contributed by atoms with E-state index in [2.05, 4.69) is 16.9 Å². The molecule has 2 N–H and O–H groups in total. The minimum absolute atomic E-state index is 0.396. The number of para-hydroxylation sites is 2. The van der Waals surface area contributed by atoms with E-state index in [1.807, 2.05) is 24.3 Å². The van der Waals surface area contributed by atoms with Gasteiger partial charge in [0, 0.05) is 12.4 Å². The summed E-state index contributed by atoms with van der Waals surface area (Å²) in [4.78, 5) is 7.68. The van der Waals surface area contributed by atoms with Crippen molar-refractivity contribution in [2.24, 2.45) is 0 Å². The zero-order chi connectivity index (χ0) is 13.5. The molecule has 0 radical (unpaired) electrons. The van der Waals surface area contributed by atoms with Gasteiger partial charge in [-0.15, -0.1) is 0 Å². The predicted octanol–water partition coefficient (Wildman–Crippen LogP) is 2.83. The Kier molecular flexibility index (Phi) is 5.69. The van der Waals surface area contributed by atoms with Crippen LogP contribution in [0.4, 0.5) is 0 Å². The second kappa shape index (κ2) is 7.53. The van der Waals surface area contributed by atoms with Crippen LogP contribution >= 0.6 is 11.8 Å². The number of unbranched alkanes of at least 4 members (excludes halogenated alkanes) is 1. The number of aromatic nitrogens is 2. The zero-order valence-corrected chi connectivity index (χ0v) is 11.9. The van der Waals surface area contributed by atoms with Gasteiger partial charge < -0.3 is 14.8 Å². The summed E-state index contributed by atoms with van der Waals surface area (Å²) in [7, 11) is 0. The van der Waals surface area contributed by atoms with E-state index in [0.717, 1.165) is 35.6 Å². The van der Waals surface area contributed by atoms with Crippen molar-refractivity contribution in [1.82, 2.24) is 9.97 Å². The first-order chi connectivity index (χ1) is 9.29. The summed E-state index contributed by atoms with van der Waals surface area (Å²) < 4.78 is 5.39. The average Bonchev–Trinajstić information content (AvgIpc) is 2.84. The van der Waals surface area contributed by atoms with Gasteiger partial charge in [0.05, 0.1) is 23.7 Å². The van der Waals surface area contributed by atoms with Crippen LogP contribution < -0.4 is 0 Å². The molecule has 1 aromatic carbocycles. The molecule has 0 aliphatic heterocycles. The zero-order valence-electron chi connectivity index (χ0n) is 11.1. The smallest absolute Gasteiger partial charge is 0.166 e. The van der Waals surface area contributed by atoms with Crippen LogP contribution in [0.5, 0.6) is 0 Å². The van der Waals surface area contributed by atoms with Crippen LogP contribution in [0.2, 0.25) is 0 Å². The molecular formula is C14H20N2O2S. The molecule has 0 aliphatic rings. The van der Waals surface area contributed by atoms with Crippen LogP contribution in [0.1, 0.15) is 19.8 Å². The molecule has 0 aliphatic carbocycles. The number of H-pyrrole nitrogens is 1. The number of nitrogens with zero attached hydrogens (tertiary/aromatic N) is 1. The molecule has 1 heterocycles. The van der Waals surface area contributed by atoms with Crippen LogP contribution in [-0.4, -0.2) is 40.1 Å². The van der Waals surface area contributed by atoms with Crippen molar-refractivity contribution in [1.29, 1.82) is 0 Å². The Morgan fingerprint density at radius 1 is 1.42 bits per heavy atom. The van der Waals surface area contributed by atoms with Crippen molar-refractivity contribution in [2.45, 2.75) is 31.0 Å². The summed E-state index contributed by atoms with van der Waals surface area (Å²) in [5.41, 5.74) is 1.98. The number of imidazole rings is 1. The highest BCUT2D eigenvalue weighted by Crippen LogP contribution is 2.19. The van der Waals surface area contributed by atoms with Gasteiger partial charge in [0.15, 0.2) is 5.16 Å². The first-order valence-corrected chi connectivity index (χ1v) is 7.61. The maximum Gasteiger partial charge on any atom is 0.166 e. The summed E-state index contributed by atoms with van der Waals surface area (Å²) in [5, 5.41) is 10.6. The Labute approximate surface area is 117 Å². The number of aliphatic hydroxyl groups is 1. The number of rotatable bonds is 8. The van der Waals surface area contributed by atoms with E-state index in [9.17, 15) is 5.11 Å².